The summed E-state index contributed by atoms with van der Waals surface area (Å²) in [5.41, 5.74) is 12.1. The van der Waals surface area contributed by atoms with Crippen molar-refractivity contribution in [3.05, 3.63) is 192 Å². The number of fused-ring (bicyclic) bond motifs is 15. The number of pyridine rings is 2. The second kappa shape index (κ2) is 10.1. The number of rotatable bonds is 2. The molecule has 1 spiro atoms. The topological polar surface area (TPSA) is 44.9 Å². The van der Waals surface area contributed by atoms with Crippen LogP contribution in [0, 0.1) is 0 Å². The Morgan fingerprint density at radius 2 is 0.942 bits per heavy atom. The van der Waals surface area contributed by atoms with E-state index >= 15 is 0 Å². The van der Waals surface area contributed by atoms with Crippen molar-refractivity contribution in [2.24, 2.45) is 0 Å². The van der Waals surface area contributed by atoms with Gasteiger partial charge >= 0.3 is 0 Å². The first-order valence-electron chi connectivity index (χ1n) is 17.7. The van der Waals surface area contributed by atoms with Gasteiger partial charge in [0, 0.05) is 56.8 Å². The molecule has 0 saturated carbocycles. The first-order valence-corrected chi connectivity index (χ1v) is 17.7. The molecule has 0 saturated heterocycles. The second-order valence-electron chi connectivity index (χ2n) is 13.7. The zero-order valence-electron chi connectivity index (χ0n) is 27.9. The van der Waals surface area contributed by atoms with Crippen LogP contribution in [-0.2, 0) is 5.41 Å². The van der Waals surface area contributed by atoms with E-state index < -0.39 is 5.41 Å². The van der Waals surface area contributed by atoms with Crippen LogP contribution in [0.5, 0.6) is 11.5 Å². The van der Waals surface area contributed by atoms with Gasteiger partial charge in [-0.15, -0.1) is 0 Å². The largest absolute Gasteiger partial charge is 0.457 e. The number of ether oxygens (including phenoxy) is 1. The van der Waals surface area contributed by atoms with Crippen LogP contribution in [0.3, 0.4) is 0 Å². The van der Waals surface area contributed by atoms with E-state index in [0.717, 1.165) is 78.6 Å². The van der Waals surface area contributed by atoms with Crippen LogP contribution < -0.4 is 4.74 Å². The lowest BCUT2D eigenvalue weighted by Gasteiger charge is -2.40. The number of nitrogens with zero attached hydrogens (tertiary/aromatic N) is 4. The van der Waals surface area contributed by atoms with E-state index in [9.17, 15) is 0 Å². The van der Waals surface area contributed by atoms with Gasteiger partial charge in [0.15, 0.2) is 0 Å². The Kier molecular flexibility index (Phi) is 5.37. The predicted octanol–water partition coefficient (Wildman–Crippen LogP) is 11.1. The lowest BCUT2D eigenvalue weighted by Crippen LogP contribution is -2.33. The standard InChI is InChI=1S/C47H28N4O/c1-5-18-37-30(12-1)31-13-2-6-19-38(31)50(37)29-24-25-34-43(28-29)52-42-23-9-22-41(51-39-20-7-3-14-32(39)33-15-4-8-21-40(33)51)44(42)47(34)35-16-10-26-48-45(35)46-36(47)17-11-27-49-46/h1-28H. The maximum absolute atomic E-state index is 7.15. The Hall–Kier alpha value is -6.98. The molecule has 0 atom stereocenters. The number of hydrogen-bond donors (Lipinski definition) is 0. The van der Waals surface area contributed by atoms with Gasteiger partial charge in [0.1, 0.15) is 11.5 Å². The quantitative estimate of drug-likeness (QED) is 0.185. The van der Waals surface area contributed by atoms with E-state index in [1.54, 1.807) is 0 Å². The molecule has 0 bridgehead atoms. The molecule has 52 heavy (non-hydrogen) atoms. The van der Waals surface area contributed by atoms with Crippen LogP contribution in [0.25, 0.3) is 66.4 Å². The lowest BCUT2D eigenvalue weighted by molar-refractivity contribution is 0.435. The fourth-order valence-electron chi connectivity index (χ4n) is 9.35. The summed E-state index contributed by atoms with van der Waals surface area (Å²) in [5, 5.41) is 4.89. The molecule has 0 fully saturated rings. The minimum absolute atomic E-state index is 0.751. The Morgan fingerprint density at radius 1 is 0.423 bits per heavy atom. The van der Waals surface area contributed by atoms with Crippen LogP contribution in [-0.4, -0.2) is 19.1 Å². The minimum Gasteiger partial charge on any atom is -0.457 e. The van der Waals surface area contributed by atoms with E-state index in [2.05, 4.69) is 167 Å². The normalized spacial score (nSPS) is 13.7. The van der Waals surface area contributed by atoms with Crippen molar-refractivity contribution in [2.75, 3.05) is 0 Å². The van der Waals surface area contributed by atoms with Crippen LogP contribution >= 0.6 is 0 Å². The Balaban J connectivity index is 1.21. The molecule has 5 heteroatoms. The first kappa shape index (κ1) is 27.8. The average molecular weight is 665 g/mol. The predicted molar refractivity (Wildman–Crippen MR) is 208 cm³/mol. The zero-order valence-corrected chi connectivity index (χ0v) is 27.9. The van der Waals surface area contributed by atoms with Crippen molar-refractivity contribution in [1.29, 1.82) is 0 Å². The van der Waals surface area contributed by atoms with Crippen LogP contribution in [0.1, 0.15) is 22.3 Å². The maximum Gasteiger partial charge on any atom is 0.134 e. The first-order chi connectivity index (χ1) is 25.8. The second-order valence-corrected chi connectivity index (χ2v) is 13.7. The fourth-order valence-corrected chi connectivity index (χ4v) is 9.35. The molecule has 5 heterocycles. The molecule has 0 radical (unpaired) electrons. The van der Waals surface area contributed by atoms with Gasteiger partial charge in [0.2, 0.25) is 0 Å². The molecule has 242 valence electrons. The monoisotopic (exact) mass is 664 g/mol. The summed E-state index contributed by atoms with van der Waals surface area (Å²) in [4.78, 5) is 10.0. The molecule has 1 aliphatic heterocycles. The van der Waals surface area contributed by atoms with Gasteiger partial charge < -0.3 is 13.9 Å². The third-order valence-corrected chi connectivity index (χ3v) is 11.3. The highest BCUT2D eigenvalue weighted by atomic mass is 16.5. The van der Waals surface area contributed by atoms with Gasteiger partial charge in [0.25, 0.3) is 0 Å². The molecule has 0 amide bonds. The van der Waals surface area contributed by atoms with E-state index in [4.69, 9.17) is 14.7 Å². The number of benzene rings is 6. The summed E-state index contributed by atoms with van der Waals surface area (Å²) in [6.07, 6.45) is 3.75. The molecule has 5 nitrogen and oxygen atoms in total. The zero-order chi connectivity index (χ0) is 34.0. The van der Waals surface area contributed by atoms with Crippen molar-refractivity contribution in [3.63, 3.8) is 0 Å². The van der Waals surface area contributed by atoms with Crippen LogP contribution in [0.4, 0.5) is 0 Å². The molecular weight excluding hydrogens is 637 g/mol. The molecule has 0 N–H and O–H groups in total. The van der Waals surface area contributed by atoms with Crippen molar-refractivity contribution in [1.82, 2.24) is 19.1 Å². The highest BCUT2D eigenvalue weighted by molar-refractivity contribution is 6.10. The molecule has 1 aliphatic carbocycles. The maximum atomic E-state index is 7.15. The van der Waals surface area contributed by atoms with Crippen molar-refractivity contribution >= 4 is 43.6 Å². The molecule has 4 aromatic heterocycles. The van der Waals surface area contributed by atoms with E-state index in [1.807, 2.05) is 12.4 Å². The number of aromatic nitrogens is 4. The Labute approximate surface area is 298 Å². The molecule has 6 aromatic carbocycles. The van der Waals surface area contributed by atoms with Gasteiger partial charge in [-0.1, -0.05) is 97.1 Å². The van der Waals surface area contributed by atoms with Crippen LogP contribution in [0.2, 0.25) is 0 Å². The van der Waals surface area contributed by atoms with Gasteiger partial charge in [-0.2, -0.15) is 0 Å². The summed E-state index contributed by atoms with van der Waals surface area (Å²) >= 11 is 0. The SMILES string of the molecule is c1cc2c(c(-n3c4ccccc4c4ccccc43)c1)C1(c3ccc(-n4c5ccccc5c5ccccc54)cc3O2)c2cccnc2-c2ncccc21. The van der Waals surface area contributed by atoms with E-state index in [0.29, 0.717) is 0 Å². The highest BCUT2D eigenvalue weighted by Gasteiger charge is 2.54. The summed E-state index contributed by atoms with van der Waals surface area (Å²) in [6, 6.07) is 56.4. The summed E-state index contributed by atoms with van der Waals surface area (Å²) in [7, 11) is 0. The fraction of sp³-hybridized carbons (Fsp3) is 0.0213. The Bertz CT molecular complexity index is 2980. The molecule has 10 aromatic rings. The molecule has 2 aliphatic rings. The average Bonchev–Trinajstić information content (AvgIpc) is 3.82. The molecular formula is C47H28N4O. The third kappa shape index (κ3) is 3.38. The lowest BCUT2D eigenvalue weighted by atomic mass is 9.65. The van der Waals surface area contributed by atoms with Crippen molar-refractivity contribution in [2.45, 2.75) is 5.41 Å². The smallest absolute Gasteiger partial charge is 0.134 e. The third-order valence-electron chi connectivity index (χ3n) is 11.3. The van der Waals surface area contributed by atoms with Crippen LogP contribution in [0.15, 0.2) is 170 Å². The summed E-state index contributed by atoms with van der Waals surface area (Å²) in [6.45, 7) is 0. The van der Waals surface area contributed by atoms with Gasteiger partial charge in [0.05, 0.1) is 44.6 Å². The van der Waals surface area contributed by atoms with Crippen molar-refractivity contribution in [3.8, 4) is 34.3 Å². The highest BCUT2D eigenvalue weighted by Crippen LogP contribution is 2.63. The number of para-hydroxylation sites is 4. The van der Waals surface area contributed by atoms with E-state index in [1.165, 1.54) is 21.5 Å². The molecule has 12 rings (SSSR count). The summed E-state index contributed by atoms with van der Waals surface area (Å²) < 4.78 is 11.9. The molecule has 0 unspecified atom stereocenters. The minimum atomic E-state index is -0.751. The van der Waals surface area contributed by atoms with Crippen molar-refractivity contribution < 1.29 is 4.74 Å². The summed E-state index contributed by atoms with van der Waals surface area (Å²) in [5.74, 6) is 1.63. The van der Waals surface area contributed by atoms with E-state index in [-0.39, 0.29) is 0 Å². The van der Waals surface area contributed by atoms with Gasteiger partial charge in [-0.25, -0.2) is 0 Å². The van der Waals surface area contributed by atoms with Gasteiger partial charge in [-0.05, 0) is 65.7 Å². The number of hydrogen-bond acceptors (Lipinski definition) is 3. The van der Waals surface area contributed by atoms with Gasteiger partial charge in [-0.3, -0.25) is 9.97 Å². The Morgan fingerprint density at radius 3 is 1.50 bits per heavy atom.